The third-order valence-corrected chi connectivity index (χ3v) is 3.19. The SMILES string of the molecule is CC(C)Cn1c2c(cc(C#N)c1=O)C(=O)CCC2. The van der Waals surface area contributed by atoms with Gasteiger partial charge in [-0.05, 0) is 24.8 Å². The Kier molecular flexibility index (Phi) is 3.33. The van der Waals surface area contributed by atoms with Crippen molar-refractivity contribution in [3.63, 3.8) is 0 Å². The van der Waals surface area contributed by atoms with E-state index in [0.29, 0.717) is 24.4 Å². The molecule has 1 aliphatic rings. The molecule has 0 aromatic carbocycles. The van der Waals surface area contributed by atoms with Gasteiger partial charge < -0.3 is 4.57 Å². The standard InChI is InChI=1S/C14H16N2O2/c1-9(2)8-16-12-4-3-5-13(17)11(12)6-10(7-15)14(16)18/h6,9H,3-5,8H2,1-2H3. The van der Waals surface area contributed by atoms with Crippen LogP contribution in [0.2, 0.25) is 0 Å². The van der Waals surface area contributed by atoms with Crippen molar-refractivity contribution in [1.29, 1.82) is 5.26 Å². The highest BCUT2D eigenvalue weighted by Crippen LogP contribution is 2.21. The Bertz CT molecular complexity index is 591. The molecule has 0 saturated carbocycles. The fourth-order valence-corrected chi connectivity index (χ4v) is 2.40. The van der Waals surface area contributed by atoms with Crippen LogP contribution < -0.4 is 5.56 Å². The maximum Gasteiger partial charge on any atom is 0.268 e. The normalized spacial score (nSPS) is 14.4. The van der Waals surface area contributed by atoms with Crippen LogP contribution in [0.1, 0.15) is 48.3 Å². The highest BCUT2D eigenvalue weighted by molar-refractivity contribution is 5.98. The van der Waals surface area contributed by atoms with Crippen molar-refractivity contribution in [2.24, 2.45) is 5.92 Å². The predicted molar refractivity (Wildman–Crippen MR) is 67.5 cm³/mol. The average molecular weight is 244 g/mol. The molecule has 0 atom stereocenters. The van der Waals surface area contributed by atoms with Crippen molar-refractivity contribution in [2.75, 3.05) is 0 Å². The lowest BCUT2D eigenvalue weighted by molar-refractivity contribution is 0.0970. The second kappa shape index (κ2) is 4.77. The number of hydrogen-bond donors (Lipinski definition) is 0. The number of fused-ring (bicyclic) bond motifs is 1. The summed E-state index contributed by atoms with van der Waals surface area (Å²) in [6, 6.07) is 3.36. The Balaban J connectivity index is 2.69. The van der Waals surface area contributed by atoms with E-state index in [0.717, 1.165) is 18.5 Å². The van der Waals surface area contributed by atoms with Gasteiger partial charge in [0.2, 0.25) is 0 Å². The third kappa shape index (κ3) is 2.08. The molecule has 1 heterocycles. The van der Waals surface area contributed by atoms with Crippen LogP contribution in [0, 0.1) is 17.2 Å². The van der Waals surface area contributed by atoms with Gasteiger partial charge in [-0.1, -0.05) is 13.8 Å². The molecular weight excluding hydrogens is 228 g/mol. The minimum absolute atomic E-state index is 0.0465. The van der Waals surface area contributed by atoms with Crippen LogP contribution >= 0.6 is 0 Å². The van der Waals surface area contributed by atoms with E-state index in [1.54, 1.807) is 4.57 Å². The van der Waals surface area contributed by atoms with Crippen molar-refractivity contribution in [3.8, 4) is 6.07 Å². The molecule has 0 saturated heterocycles. The molecular formula is C14H16N2O2. The van der Waals surface area contributed by atoms with E-state index >= 15 is 0 Å². The van der Waals surface area contributed by atoms with E-state index < -0.39 is 0 Å². The molecule has 4 nitrogen and oxygen atoms in total. The molecule has 0 N–H and O–H groups in total. The van der Waals surface area contributed by atoms with Crippen LogP contribution in [-0.4, -0.2) is 10.4 Å². The largest absolute Gasteiger partial charge is 0.311 e. The first-order valence-corrected chi connectivity index (χ1v) is 6.24. The van der Waals surface area contributed by atoms with Crippen LogP contribution in [0.5, 0.6) is 0 Å². The number of pyridine rings is 1. The quantitative estimate of drug-likeness (QED) is 0.798. The third-order valence-electron chi connectivity index (χ3n) is 3.19. The topological polar surface area (TPSA) is 62.9 Å². The summed E-state index contributed by atoms with van der Waals surface area (Å²) < 4.78 is 1.62. The van der Waals surface area contributed by atoms with Gasteiger partial charge in [-0.25, -0.2) is 0 Å². The Hall–Kier alpha value is -1.89. The molecule has 2 rings (SSSR count). The maximum absolute atomic E-state index is 12.1. The zero-order valence-corrected chi connectivity index (χ0v) is 10.7. The second-order valence-electron chi connectivity index (χ2n) is 5.12. The van der Waals surface area contributed by atoms with Gasteiger partial charge in [0.25, 0.3) is 5.56 Å². The van der Waals surface area contributed by atoms with E-state index in [9.17, 15) is 9.59 Å². The highest BCUT2D eigenvalue weighted by Gasteiger charge is 2.23. The first kappa shape index (κ1) is 12.6. The van der Waals surface area contributed by atoms with E-state index in [-0.39, 0.29) is 16.9 Å². The number of nitriles is 1. The van der Waals surface area contributed by atoms with Crippen LogP contribution in [0.15, 0.2) is 10.9 Å². The summed E-state index contributed by atoms with van der Waals surface area (Å²) in [5.74, 6) is 0.350. The monoisotopic (exact) mass is 244 g/mol. The fraction of sp³-hybridized carbons (Fsp3) is 0.500. The summed E-state index contributed by atoms with van der Waals surface area (Å²) in [5, 5.41) is 8.99. The lowest BCUT2D eigenvalue weighted by Gasteiger charge is -2.21. The van der Waals surface area contributed by atoms with Gasteiger partial charge in [0.15, 0.2) is 5.78 Å². The molecule has 0 fully saturated rings. The molecule has 1 aliphatic carbocycles. The minimum Gasteiger partial charge on any atom is -0.311 e. The number of rotatable bonds is 2. The molecule has 0 spiro atoms. The van der Waals surface area contributed by atoms with E-state index in [1.807, 2.05) is 19.9 Å². The molecule has 4 heteroatoms. The number of Topliss-reactive ketones (excluding diaryl/α,β-unsaturated/α-hetero) is 1. The van der Waals surface area contributed by atoms with E-state index in [4.69, 9.17) is 5.26 Å². The predicted octanol–water partition coefficient (Wildman–Crippen LogP) is 1.89. The Morgan fingerprint density at radius 3 is 2.72 bits per heavy atom. The van der Waals surface area contributed by atoms with Crippen LogP contribution in [0.4, 0.5) is 0 Å². The first-order valence-electron chi connectivity index (χ1n) is 6.24. The summed E-state index contributed by atoms with van der Waals surface area (Å²) in [4.78, 5) is 24.0. The molecule has 0 amide bonds. The Labute approximate surface area is 106 Å². The maximum atomic E-state index is 12.1. The van der Waals surface area contributed by atoms with Crippen LogP contribution in [0.25, 0.3) is 0 Å². The lowest BCUT2D eigenvalue weighted by atomic mass is 9.93. The van der Waals surface area contributed by atoms with Crippen molar-refractivity contribution in [1.82, 2.24) is 4.57 Å². The fourth-order valence-electron chi connectivity index (χ4n) is 2.40. The number of carbonyl (C=O) groups is 1. The van der Waals surface area contributed by atoms with Gasteiger partial charge in [0.1, 0.15) is 11.6 Å². The molecule has 0 aliphatic heterocycles. The van der Waals surface area contributed by atoms with Gasteiger partial charge in [0, 0.05) is 24.2 Å². The summed E-state index contributed by atoms with van der Waals surface area (Å²) >= 11 is 0. The summed E-state index contributed by atoms with van der Waals surface area (Å²) in [6.45, 7) is 4.59. The zero-order valence-electron chi connectivity index (χ0n) is 10.7. The van der Waals surface area contributed by atoms with Crippen molar-refractivity contribution >= 4 is 5.78 Å². The van der Waals surface area contributed by atoms with Gasteiger partial charge in [-0.2, -0.15) is 5.26 Å². The average Bonchev–Trinajstić information content (AvgIpc) is 2.32. The Morgan fingerprint density at radius 2 is 2.11 bits per heavy atom. The van der Waals surface area contributed by atoms with Crippen molar-refractivity contribution in [3.05, 3.63) is 33.2 Å². The molecule has 1 aromatic heterocycles. The zero-order chi connectivity index (χ0) is 13.3. The molecule has 0 bridgehead atoms. The summed E-state index contributed by atoms with van der Waals surface area (Å²) in [5.41, 5.74) is 1.19. The molecule has 18 heavy (non-hydrogen) atoms. The Morgan fingerprint density at radius 1 is 1.39 bits per heavy atom. The van der Waals surface area contributed by atoms with Gasteiger partial charge in [0.05, 0.1) is 0 Å². The summed E-state index contributed by atoms with van der Waals surface area (Å²) in [7, 11) is 0. The minimum atomic E-state index is -0.264. The number of hydrogen-bond acceptors (Lipinski definition) is 3. The van der Waals surface area contributed by atoms with Crippen molar-refractivity contribution in [2.45, 2.75) is 39.7 Å². The first-order chi connectivity index (χ1) is 8.54. The molecule has 94 valence electrons. The number of nitrogens with zero attached hydrogens (tertiary/aromatic N) is 2. The number of ketones is 1. The van der Waals surface area contributed by atoms with E-state index in [1.165, 1.54) is 6.07 Å². The summed E-state index contributed by atoms with van der Waals surface area (Å²) in [6.07, 6.45) is 2.04. The van der Waals surface area contributed by atoms with Crippen LogP contribution in [0.3, 0.4) is 0 Å². The van der Waals surface area contributed by atoms with Crippen LogP contribution in [-0.2, 0) is 13.0 Å². The number of carbonyl (C=O) groups excluding carboxylic acids is 1. The smallest absolute Gasteiger partial charge is 0.268 e. The lowest BCUT2D eigenvalue weighted by Crippen LogP contribution is -2.31. The number of aromatic nitrogens is 1. The van der Waals surface area contributed by atoms with Gasteiger partial charge >= 0.3 is 0 Å². The van der Waals surface area contributed by atoms with Gasteiger partial charge in [-0.3, -0.25) is 9.59 Å². The van der Waals surface area contributed by atoms with E-state index in [2.05, 4.69) is 0 Å². The second-order valence-corrected chi connectivity index (χ2v) is 5.12. The molecule has 1 aromatic rings. The van der Waals surface area contributed by atoms with Gasteiger partial charge in [-0.15, -0.1) is 0 Å². The molecule has 0 unspecified atom stereocenters. The van der Waals surface area contributed by atoms with Crippen molar-refractivity contribution < 1.29 is 4.79 Å². The highest BCUT2D eigenvalue weighted by atomic mass is 16.1. The molecule has 0 radical (unpaired) electrons.